The smallest absolute Gasteiger partial charge is 0.416 e. The molecule has 0 atom stereocenters. The van der Waals surface area contributed by atoms with Crippen LogP contribution in [0.3, 0.4) is 0 Å². The van der Waals surface area contributed by atoms with Gasteiger partial charge in [-0.15, -0.1) is 24.0 Å². The lowest BCUT2D eigenvalue weighted by atomic mass is 10.1. The number of carbonyl (C=O) groups excluding carboxylic acids is 1. The van der Waals surface area contributed by atoms with E-state index in [0.29, 0.717) is 13.1 Å². The lowest BCUT2D eigenvalue weighted by Crippen LogP contribution is -2.43. The second kappa shape index (κ2) is 12.1. The summed E-state index contributed by atoms with van der Waals surface area (Å²) in [6, 6.07) is 3.85. The largest absolute Gasteiger partial charge is 0.488 e. The van der Waals surface area contributed by atoms with Gasteiger partial charge in [-0.3, -0.25) is 4.79 Å². The maximum Gasteiger partial charge on any atom is 0.416 e. The molecule has 1 amide bonds. The maximum atomic E-state index is 13.5. The van der Waals surface area contributed by atoms with Crippen molar-refractivity contribution in [3.05, 3.63) is 29.3 Å². The van der Waals surface area contributed by atoms with Gasteiger partial charge in [0.25, 0.3) is 0 Å². The first kappa shape index (κ1) is 27.3. The van der Waals surface area contributed by atoms with Crippen molar-refractivity contribution in [2.45, 2.75) is 52.9 Å². The molecule has 0 saturated heterocycles. The molecule has 0 radical (unpaired) electrons. The second-order valence-electron chi connectivity index (χ2n) is 7.03. The monoisotopic (exact) mass is 530 g/mol. The van der Waals surface area contributed by atoms with Crippen LogP contribution < -0.4 is 20.7 Å². The Morgan fingerprint density at radius 1 is 1.07 bits per heavy atom. The van der Waals surface area contributed by atoms with E-state index < -0.39 is 17.3 Å². The molecule has 0 heterocycles. The van der Waals surface area contributed by atoms with Crippen molar-refractivity contribution >= 4 is 35.8 Å². The number of guanidine groups is 1. The van der Waals surface area contributed by atoms with Crippen LogP contribution in [0, 0.1) is 0 Å². The van der Waals surface area contributed by atoms with Crippen molar-refractivity contribution in [2.24, 2.45) is 4.99 Å². The Labute approximate surface area is 187 Å². The third-order valence-corrected chi connectivity index (χ3v) is 3.35. The zero-order valence-corrected chi connectivity index (χ0v) is 19.7. The number of carbonyl (C=O) groups is 1. The number of nitrogens with one attached hydrogen (secondary N) is 3. The van der Waals surface area contributed by atoms with Crippen molar-refractivity contribution in [3.8, 4) is 5.75 Å². The number of ether oxygens (including phenoxy) is 1. The first-order valence-electron chi connectivity index (χ1n) is 9.14. The van der Waals surface area contributed by atoms with E-state index in [9.17, 15) is 18.0 Å². The Bertz CT molecular complexity index is 689. The minimum absolute atomic E-state index is 0. The van der Waals surface area contributed by atoms with Crippen molar-refractivity contribution in [3.63, 3.8) is 0 Å². The standard InChI is InChI=1S/C19H29F3N4O2.HI/c1-6-23-16(27)12-26-17(24-7-2)25-11-13-8-9-14(28-18(3,4)5)10-15(13)19(20,21)22;/h8-10H,6-7,11-12H2,1-5H3,(H,23,27)(H2,24,25,26);1H. The van der Waals surface area contributed by atoms with E-state index in [1.54, 1.807) is 27.7 Å². The van der Waals surface area contributed by atoms with Gasteiger partial charge in [-0.1, -0.05) is 6.07 Å². The van der Waals surface area contributed by atoms with Gasteiger partial charge in [0.15, 0.2) is 5.96 Å². The number of benzene rings is 1. The molecule has 0 saturated carbocycles. The Kier molecular flexibility index (Phi) is 11.4. The molecule has 1 aromatic carbocycles. The van der Waals surface area contributed by atoms with E-state index in [4.69, 9.17) is 4.74 Å². The van der Waals surface area contributed by atoms with Crippen molar-refractivity contribution in [2.75, 3.05) is 19.6 Å². The van der Waals surface area contributed by atoms with E-state index in [1.165, 1.54) is 12.1 Å². The minimum Gasteiger partial charge on any atom is -0.488 e. The molecule has 166 valence electrons. The Morgan fingerprint density at radius 3 is 2.21 bits per heavy atom. The maximum absolute atomic E-state index is 13.5. The molecule has 0 aliphatic heterocycles. The average molecular weight is 530 g/mol. The van der Waals surface area contributed by atoms with Crippen molar-refractivity contribution in [1.29, 1.82) is 0 Å². The summed E-state index contributed by atoms with van der Waals surface area (Å²) >= 11 is 0. The molecule has 0 aromatic heterocycles. The highest BCUT2D eigenvalue weighted by atomic mass is 127. The third-order valence-electron chi connectivity index (χ3n) is 3.35. The fourth-order valence-electron chi connectivity index (χ4n) is 2.30. The molecule has 0 bridgehead atoms. The van der Waals surface area contributed by atoms with Crippen LogP contribution in [0.2, 0.25) is 0 Å². The highest BCUT2D eigenvalue weighted by Gasteiger charge is 2.34. The van der Waals surface area contributed by atoms with Crippen molar-refractivity contribution in [1.82, 2.24) is 16.0 Å². The van der Waals surface area contributed by atoms with Gasteiger partial charge in [0.1, 0.15) is 11.4 Å². The lowest BCUT2D eigenvalue weighted by molar-refractivity contribution is -0.138. The zero-order valence-electron chi connectivity index (χ0n) is 17.4. The van der Waals surface area contributed by atoms with Gasteiger partial charge in [-0.05, 0) is 52.3 Å². The highest BCUT2D eigenvalue weighted by molar-refractivity contribution is 14.0. The van der Waals surface area contributed by atoms with Crippen LogP contribution in [0.25, 0.3) is 0 Å². The molecule has 6 nitrogen and oxygen atoms in total. The molecule has 0 fully saturated rings. The van der Waals surface area contributed by atoms with Crippen LogP contribution in [0.5, 0.6) is 5.75 Å². The molecule has 0 spiro atoms. The van der Waals surface area contributed by atoms with E-state index >= 15 is 0 Å². The van der Waals surface area contributed by atoms with Gasteiger partial charge in [-0.25, -0.2) is 4.99 Å². The third kappa shape index (κ3) is 10.6. The lowest BCUT2D eigenvalue weighted by Gasteiger charge is -2.22. The van der Waals surface area contributed by atoms with E-state index in [0.717, 1.165) is 6.07 Å². The summed E-state index contributed by atoms with van der Waals surface area (Å²) in [5.74, 6) is 0.179. The van der Waals surface area contributed by atoms with Crippen LogP contribution >= 0.6 is 24.0 Å². The summed E-state index contributed by atoms with van der Waals surface area (Å²) in [7, 11) is 0. The average Bonchev–Trinajstić information content (AvgIpc) is 2.56. The van der Waals surface area contributed by atoms with Crippen molar-refractivity contribution < 1.29 is 22.7 Å². The summed E-state index contributed by atoms with van der Waals surface area (Å²) < 4.78 is 46.0. The number of alkyl halides is 3. The number of hydrogen-bond donors (Lipinski definition) is 3. The number of halogens is 4. The number of rotatable bonds is 7. The van der Waals surface area contributed by atoms with Crippen LogP contribution in [-0.2, 0) is 17.5 Å². The molecule has 1 rings (SSSR count). The first-order valence-corrected chi connectivity index (χ1v) is 9.14. The molecule has 1 aromatic rings. The van der Waals surface area contributed by atoms with Crippen LogP contribution in [-0.4, -0.2) is 37.1 Å². The summed E-state index contributed by atoms with van der Waals surface area (Å²) in [6.07, 6.45) is -4.53. The molecular weight excluding hydrogens is 500 g/mol. The van der Waals surface area contributed by atoms with Crippen LogP contribution in [0.1, 0.15) is 45.7 Å². The van der Waals surface area contributed by atoms with Crippen LogP contribution in [0.15, 0.2) is 23.2 Å². The van der Waals surface area contributed by atoms with E-state index in [1.807, 2.05) is 6.92 Å². The molecule has 0 unspecified atom stereocenters. The molecular formula is C19H30F3IN4O2. The Balaban J connectivity index is 0.00000784. The fraction of sp³-hybridized carbons (Fsp3) is 0.579. The summed E-state index contributed by atoms with van der Waals surface area (Å²) in [5.41, 5.74) is -1.38. The quantitative estimate of drug-likeness (QED) is 0.286. The first-order chi connectivity index (χ1) is 13.0. The van der Waals surface area contributed by atoms with E-state index in [-0.39, 0.29) is 60.2 Å². The fourth-order valence-corrected chi connectivity index (χ4v) is 2.30. The second-order valence-corrected chi connectivity index (χ2v) is 7.03. The van der Waals surface area contributed by atoms with Gasteiger partial charge in [0.2, 0.25) is 5.91 Å². The van der Waals surface area contributed by atoms with Gasteiger partial charge in [0, 0.05) is 13.1 Å². The van der Waals surface area contributed by atoms with Gasteiger partial charge < -0.3 is 20.7 Å². The number of nitrogens with zero attached hydrogens (tertiary/aromatic N) is 1. The summed E-state index contributed by atoms with van der Waals surface area (Å²) in [4.78, 5) is 15.7. The predicted molar refractivity (Wildman–Crippen MR) is 119 cm³/mol. The Morgan fingerprint density at radius 2 is 1.69 bits per heavy atom. The molecule has 0 aliphatic rings. The minimum atomic E-state index is -4.53. The van der Waals surface area contributed by atoms with Gasteiger partial charge in [-0.2, -0.15) is 13.2 Å². The number of amides is 1. The van der Waals surface area contributed by atoms with E-state index in [2.05, 4.69) is 20.9 Å². The highest BCUT2D eigenvalue weighted by Crippen LogP contribution is 2.35. The molecule has 3 N–H and O–H groups in total. The summed E-state index contributed by atoms with van der Waals surface area (Å²) in [6.45, 7) is 9.69. The normalized spacial score (nSPS) is 12.1. The topological polar surface area (TPSA) is 74.8 Å². The predicted octanol–water partition coefficient (Wildman–Crippen LogP) is 3.69. The van der Waals surface area contributed by atoms with Crippen LogP contribution in [0.4, 0.5) is 13.2 Å². The Hall–Kier alpha value is -1.72. The number of likely N-dealkylation sites (N-methyl/N-ethyl adjacent to an activating group) is 1. The SMILES string of the molecule is CCNC(=O)CNC(=NCc1ccc(OC(C)(C)C)cc1C(F)(F)F)NCC.I. The number of hydrogen-bond acceptors (Lipinski definition) is 3. The van der Waals surface area contributed by atoms with Gasteiger partial charge in [0.05, 0.1) is 18.7 Å². The molecule has 10 heteroatoms. The molecule has 29 heavy (non-hydrogen) atoms. The zero-order chi connectivity index (χ0) is 21.4. The summed E-state index contributed by atoms with van der Waals surface area (Å²) in [5, 5.41) is 8.32. The van der Waals surface area contributed by atoms with Gasteiger partial charge >= 0.3 is 6.18 Å². The molecule has 0 aliphatic carbocycles. The number of aliphatic imine (C=N–C) groups is 1.